The first kappa shape index (κ1) is 21.4. The van der Waals surface area contributed by atoms with Crippen molar-refractivity contribution in [3.8, 4) is 22.8 Å². The van der Waals surface area contributed by atoms with E-state index in [1.54, 1.807) is 25.3 Å². The minimum Gasteiger partial charge on any atom is -0.497 e. The molecule has 0 N–H and O–H groups in total. The van der Waals surface area contributed by atoms with Gasteiger partial charge in [0.05, 0.1) is 19.1 Å². The second kappa shape index (κ2) is 11.1. The lowest BCUT2D eigenvalue weighted by Crippen LogP contribution is -2.00. The molecule has 0 amide bonds. The van der Waals surface area contributed by atoms with Gasteiger partial charge in [-0.05, 0) is 49.2 Å². The van der Waals surface area contributed by atoms with Gasteiger partial charge in [-0.25, -0.2) is 0 Å². The predicted molar refractivity (Wildman–Crippen MR) is 121 cm³/mol. The molecule has 154 valence electrons. The molecule has 2 aromatic carbocycles. The highest BCUT2D eigenvalue weighted by molar-refractivity contribution is 9.09. The van der Waals surface area contributed by atoms with E-state index in [2.05, 4.69) is 15.9 Å². The summed E-state index contributed by atoms with van der Waals surface area (Å²) in [7, 11) is 1.59. The number of methoxy groups -OCH3 is 1. The minimum atomic E-state index is -0.0691. The van der Waals surface area contributed by atoms with Crippen LogP contribution in [0, 0.1) is 0 Å². The van der Waals surface area contributed by atoms with E-state index in [1.165, 1.54) is 38.2 Å². The topological polar surface area (TPSA) is 48.7 Å². The van der Waals surface area contributed by atoms with Gasteiger partial charge in [0.2, 0.25) is 0 Å². The van der Waals surface area contributed by atoms with E-state index in [-0.39, 0.29) is 5.43 Å². The number of ether oxygens (including phenoxy) is 2. The predicted octanol–water partition coefficient (Wildman–Crippen LogP) is 6.58. The summed E-state index contributed by atoms with van der Waals surface area (Å²) in [6.45, 7) is 0.725. The highest BCUT2D eigenvalue weighted by Crippen LogP contribution is 2.26. The molecule has 1 aromatic heterocycles. The summed E-state index contributed by atoms with van der Waals surface area (Å²) in [4.78, 5) is 12.4. The number of fused-ring (bicyclic) bond motifs is 1. The monoisotopic (exact) mass is 458 g/mol. The molecule has 4 nitrogen and oxygen atoms in total. The maximum atomic E-state index is 12.4. The Labute approximate surface area is 180 Å². The molecule has 0 aliphatic heterocycles. The largest absolute Gasteiger partial charge is 0.497 e. The third-order valence-corrected chi connectivity index (χ3v) is 5.43. The van der Waals surface area contributed by atoms with Crippen LogP contribution < -0.4 is 14.9 Å². The molecule has 0 aliphatic rings. The van der Waals surface area contributed by atoms with Crippen molar-refractivity contribution in [1.82, 2.24) is 0 Å². The fraction of sp³-hybridized carbons (Fsp3) is 0.375. The van der Waals surface area contributed by atoms with Gasteiger partial charge in [-0.15, -0.1) is 0 Å². The van der Waals surface area contributed by atoms with Crippen molar-refractivity contribution >= 4 is 26.9 Å². The van der Waals surface area contributed by atoms with Crippen molar-refractivity contribution in [3.05, 3.63) is 58.8 Å². The van der Waals surface area contributed by atoms with Crippen LogP contribution in [-0.2, 0) is 0 Å². The van der Waals surface area contributed by atoms with Gasteiger partial charge in [0.1, 0.15) is 22.8 Å². The molecule has 1 heterocycles. The van der Waals surface area contributed by atoms with Crippen molar-refractivity contribution in [2.75, 3.05) is 19.0 Å². The zero-order valence-electron chi connectivity index (χ0n) is 16.8. The Balaban J connectivity index is 1.58. The van der Waals surface area contributed by atoms with Gasteiger partial charge >= 0.3 is 0 Å². The van der Waals surface area contributed by atoms with Crippen molar-refractivity contribution < 1.29 is 13.9 Å². The maximum absolute atomic E-state index is 12.4. The third kappa shape index (κ3) is 6.10. The maximum Gasteiger partial charge on any atom is 0.193 e. The Morgan fingerprint density at radius 2 is 1.55 bits per heavy atom. The third-order valence-electron chi connectivity index (χ3n) is 4.87. The Morgan fingerprint density at radius 3 is 2.28 bits per heavy atom. The highest BCUT2D eigenvalue weighted by Gasteiger charge is 2.08. The summed E-state index contributed by atoms with van der Waals surface area (Å²) in [6.07, 6.45) is 7.38. The van der Waals surface area contributed by atoms with E-state index in [4.69, 9.17) is 13.9 Å². The molecule has 0 saturated heterocycles. The molecule has 5 heteroatoms. The first-order valence-electron chi connectivity index (χ1n) is 10.1. The van der Waals surface area contributed by atoms with E-state index < -0.39 is 0 Å². The van der Waals surface area contributed by atoms with E-state index in [9.17, 15) is 4.79 Å². The normalized spacial score (nSPS) is 11.0. The number of benzene rings is 2. The van der Waals surface area contributed by atoms with Crippen LogP contribution in [0.4, 0.5) is 0 Å². The van der Waals surface area contributed by atoms with Crippen LogP contribution in [0.5, 0.6) is 11.5 Å². The first-order valence-corrected chi connectivity index (χ1v) is 11.2. The van der Waals surface area contributed by atoms with Gasteiger partial charge in [0.15, 0.2) is 5.43 Å². The summed E-state index contributed by atoms with van der Waals surface area (Å²) < 4.78 is 17.0. The lowest BCUT2D eigenvalue weighted by molar-refractivity contribution is 0.304. The lowest BCUT2D eigenvalue weighted by Gasteiger charge is -2.08. The molecule has 0 unspecified atom stereocenters. The van der Waals surface area contributed by atoms with Gasteiger partial charge in [0.25, 0.3) is 0 Å². The Bertz CT molecular complexity index is 963. The fourth-order valence-electron chi connectivity index (χ4n) is 3.21. The highest BCUT2D eigenvalue weighted by atomic mass is 79.9. The second-order valence-electron chi connectivity index (χ2n) is 7.02. The van der Waals surface area contributed by atoms with Crippen molar-refractivity contribution in [1.29, 1.82) is 0 Å². The summed E-state index contributed by atoms with van der Waals surface area (Å²) in [6, 6.07) is 14.4. The van der Waals surface area contributed by atoms with Crippen molar-refractivity contribution in [2.45, 2.75) is 38.5 Å². The van der Waals surface area contributed by atoms with Gasteiger partial charge < -0.3 is 13.9 Å². The zero-order valence-corrected chi connectivity index (χ0v) is 18.4. The smallest absolute Gasteiger partial charge is 0.193 e. The fourth-order valence-corrected chi connectivity index (χ4v) is 3.61. The van der Waals surface area contributed by atoms with Gasteiger partial charge in [-0.3, -0.25) is 4.79 Å². The average Bonchev–Trinajstić information content (AvgIpc) is 2.75. The quantitative estimate of drug-likeness (QED) is 0.240. The van der Waals surface area contributed by atoms with Crippen molar-refractivity contribution in [3.63, 3.8) is 0 Å². The van der Waals surface area contributed by atoms with E-state index in [1.807, 2.05) is 24.3 Å². The van der Waals surface area contributed by atoms with Gasteiger partial charge in [-0.1, -0.05) is 41.6 Å². The average molecular weight is 459 g/mol. The zero-order chi connectivity index (χ0) is 20.5. The molecule has 0 spiro atoms. The van der Waals surface area contributed by atoms with Crippen LogP contribution in [0.25, 0.3) is 22.3 Å². The number of halogens is 1. The Kier molecular flexibility index (Phi) is 8.17. The van der Waals surface area contributed by atoms with Crippen LogP contribution in [0.3, 0.4) is 0 Å². The summed E-state index contributed by atoms with van der Waals surface area (Å²) in [5.74, 6) is 2.02. The number of unbranched alkanes of at least 4 members (excludes halogenated alkanes) is 5. The van der Waals surface area contributed by atoms with Crippen LogP contribution in [-0.4, -0.2) is 19.0 Å². The number of hydrogen-bond acceptors (Lipinski definition) is 4. The summed E-state index contributed by atoms with van der Waals surface area (Å²) >= 11 is 3.46. The van der Waals surface area contributed by atoms with Crippen LogP contribution >= 0.6 is 15.9 Å². The molecule has 0 fully saturated rings. The van der Waals surface area contributed by atoms with Crippen LogP contribution in [0.15, 0.2) is 57.7 Å². The van der Waals surface area contributed by atoms with E-state index >= 15 is 0 Å². The first-order chi connectivity index (χ1) is 14.2. The second-order valence-corrected chi connectivity index (χ2v) is 7.81. The van der Waals surface area contributed by atoms with E-state index in [0.717, 1.165) is 29.7 Å². The molecule has 0 radical (unpaired) electrons. The van der Waals surface area contributed by atoms with Crippen molar-refractivity contribution in [2.24, 2.45) is 0 Å². The van der Waals surface area contributed by atoms with Gasteiger partial charge in [0, 0.05) is 23.0 Å². The summed E-state index contributed by atoms with van der Waals surface area (Å²) in [5.41, 5.74) is 1.29. The molecular weight excluding hydrogens is 432 g/mol. The molecule has 29 heavy (non-hydrogen) atoms. The molecule has 0 aliphatic carbocycles. The molecule has 3 rings (SSSR count). The van der Waals surface area contributed by atoms with Crippen LogP contribution in [0.1, 0.15) is 38.5 Å². The summed E-state index contributed by atoms with van der Waals surface area (Å²) in [5, 5.41) is 1.64. The lowest BCUT2D eigenvalue weighted by atomic mass is 10.1. The minimum absolute atomic E-state index is 0.0691. The standard InChI is InChI=1S/C24H27BrO4/c1-27-20-12-13-21-22(26)17-23(29-24(21)16-20)18-8-10-19(11-9-18)28-15-7-5-3-2-4-6-14-25/h8-13,16-17H,2-7,14-15H2,1H3. The molecule has 3 aromatic rings. The molecular formula is C24H27BrO4. The SMILES string of the molecule is COc1ccc2c(=O)cc(-c3ccc(OCCCCCCCCBr)cc3)oc2c1. The number of alkyl halides is 1. The number of rotatable bonds is 11. The molecule has 0 bridgehead atoms. The molecule has 0 saturated carbocycles. The van der Waals surface area contributed by atoms with E-state index in [0.29, 0.717) is 22.5 Å². The Morgan fingerprint density at radius 1 is 0.862 bits per heavy atom. The van der Waals surface area contributed by atoms with Crippen LogP contribution in [0.2, 0.25) is 0 Å². The van der Waals surface area contributed by atoms with Gasteiger partial charge in [-0.2, -0.15) is 0 Å². The molecule has 0 atom stereocenters. The number of hydrogen-bond donors (Lipinski definition) is 0. The Hall–Kier alpha value is -2.27.